The Morgan fingerprint density at radius 1 is 1.06 bits per heavy atom. The molecule has 7 nitrogen and oxygen atoms in total. The number of hydrogen-bond donors (Lipinski definition) is 1. The lowest BCUT2D eigenvalue weighted by atomic mass is 9.99. The maximum absolute atomic E-state index is 12.7. The number of nitro benzene ring substituents is 1. The number of nitrogens with zero attached hydrogens (tertiary/aromatic N) is 3. The van der Waals surface area contributed by atoms with Gasteiger partial charge in [-0.05, 0) is 74.5 Å². The van der Waals surface area contributed by atoms with E-state index in [2.05, 4.69) is 17.1 Å². The van der Waals surface area contributed by atoms with Gasteiger partial charge in [-0.15, -0.1) is 0 Å². The second-order valence-corrected chi connectivity index (χ2v) is 8.76. The minimum absolute atomic E-state index is 0.0132. The zero-order chi connectivity index (χ0) is 21.8. The number of nitrogens with one attached hydrogen (secondary N) is 1. The van der Waals surface area contributed by atoms with Crippen LogP contribution in [0.4, 0.5) is 17.1 Å². The Hall–Kier alpha value is -2.93. The quantitative estimate of drug-likeness (QED) is 0.540. The van der Waals surface area contributed by atoms with E-state index in [1.807, 2.05) is 29.2 Å². The first-order valence-corrected chi connectivity index (χ1v) is 11.2. The Morgan fingerprint density at radius 3 is 2.39 bits per heavy atom. The lowest BCUT2D eigenvalue weighted by Crippen LogP contribution is -2.32. The van der Waals surface area contributed by atoms with Crippen molar-refractivity contribution in [3.8, 4) is 0 Å². The number of amides is 1. The second-order valence-electron chi connectivity index (χ2n) is 8.76. The van der Waals surface area contributed by atoms with Gasteiger partial charge in [0.05, 0.1) is 4.92 Å². The average molecular weight is 423 g/mol. The second kappa shape index (κ2) is 9.47. The van der Waals surface area contributed by atoms with E-state index in [0.29, 0.717) is 16.9 Å². The highest BCUT2D eigenvalue weighted by molar-refractivity contribution is 6.05. The fourth-order valence-electron chi connectivity index (χ4n) is 4.41. The highest BCUT2D eigenvalue weighted by Gasteiger charge is 2.24. The Kier molecular flexibility index (Phi) is 6.51. The Balaban J connectivity index is 1.40. The molecule has 2 aromatic carbocycles. The van der Waals surface area contributed by atoms with Crippen molar-refractivity contribution in [3.05, 3.63) is 63.7 Å². The summed E-state index contributed by atoms with van der Waals surface area (Å²) in [6.07, 6.45) is 4.56. The topological polar surface area (TPSA) is 78.7 Å². The van der Waals surface area contributed by atoms with E-state index >= 15 is 0 Å². The molecule has 1 amide bonds. The normalized spacial score (nSPS) is 17.6. The van der Waals surface area contributed by atoms with Crippen LogP contribution in [0.2, 0.25) is 0 Å². The fraction of sp³-hybridized carbons (Fsp3) is 0.458. The molecule has 1 N–H and O–H groups in total. The first kappa shape index (κ1) is 21.3. The molecule has 2 heterocycles. The minimum Gasteiger partial charge on any atom is -0.366 e. The standard InChI is InChI=1S/C24H30N4O3/c1-18-10-14-26(15-11-18)17-19-4-7-21(8-5-19)25-24(29)20-6-9-22(23(16-20)28(30)31)27-12-2-3-13-27/h4-9,16,18H,2-3,10-15,17H2,1H3,(H,25,29). The van der Waals surface area contributed by atoms with Gasteiger partial charge in [-0.1, -0.05) is 19.1 Å². The van der Waals surface area contributed by atoms with Crippen LogP contribution >= 0.6 is 0 Å². The summed E-state index contributed by atoms with van der Waals surface area (Å²) in [5.41, 5.74) is 2.78. The molecule has 2 aromatic rings. The van der Waals surface area contributed by atoms with Gasteiger partial charge in [-0.3, -0.25) is 19.8 Å². The van der Waals surface area contributed by atoms with Crippen LogP contribution < -0.4 is 10.2 Å². The molecule has 2 fully saturated rings. The fourth-order valence-corrected chi connectivity index (χ4v) is 4.41. The molecule has 0 bridgehead atoms. The van der Waals surface area contributed by atoms with E-state index in [-0.39, 0.29) is 11.6 Å². The van der Waals surface area contributed by atoms with Crippen molar-refractivity contribution < 1.29 is 9.72 Å². The van der Waals surface area contributed by atoms with E-state index in [1.54, 1.807) is 12.1 Å². The molecule has 7 heteroatoms. The van der Waals surface area contributed by atoms with E-state index < -0.39 is 4.92 Å². The van der Waals surface area contributed by atoms with E-state index in [0.717, 1.165) is 51.5 Å². The third-order valence-electron chi connectivity index (χ3n) is 6.38. The zero-order valence-electron chi connectivity index (χ0n) is 18.0. The maximum atomic E-state index is 12.7. The van der Waals surface area contributed by atoms with Gasteiger partial charge >= 0.3 is 0 Å². The molecule has 0 unspecified atom stereocenters. The Bertz CT molecular complexity index is 930. The highest BCUT2D eigenvalue weighted by atomic mass is 16.6. The van der Waals surface area contributed by atoms with Crippen molar-refractivity contribution in [1.82, 2.24) is 4.90 Å². The summed E-state index contributed by atoms with van der Waals surface area (Å²) in [5, 5.41) is 14.4. The number of carbonyl (C=O) groups excluding carboxylic acids is 1. The van der Waals surface area contributed by atoms with Crippen molar-refractivity contribution in [2.75, 3.05) is 36.4 Å². The molecule has 0 radical (unpaired) electrons. The summed E-state index contributed by atoms with van der Waals surface area (Å²) in [4.78, 5) is 28.4. The first-order valence-electron chi connectivity index (χ1n) is 11.2. The minimum atomic E-state index is -0.402. The molecule has 31 heavy (non-hydrogen) atoms. The summed E-state index contributed by atoms with van der Waals surface area (Å²) in [6.45, 7) is 7.12. The van der Waals surface area contributed by atoms with Crippen molar-refractivity contribution in [1.29, 1.82) is 0 Å². The molecular weight excluding hydrogens is 392 g/mol. The molecule has 0 aromatic heterocycles. The molecule has 2 aliphatic heterocycles. The van der Waals surface area contributed by atoms with Crippen molar-refractivity contribution >= 4 is 23.0 Å². The van der Waals surface area contributed by atoms with Gasteiger partial charge in [0.15, 0.2) is 0 Å². The molecular formula is C24H30N4O3. The van der Waals surface area contributed by atoms with Gasteiger partial charge in [0, 0.05) is 37.0 Å². The number of piperidine rings is 1. The molecule has 4 rings (SSSR count). The summed E-state index contributed by atoms with van der Waals surface area (Å²) < 4.78 is 0. The first-order chi connectivity index (χ1) is 15.0. The predicted molar refractivity (Wildman–Crippen MR) is 123 cm³/mol. The number of carbonyl (C=O) groups is 1. The van der Waals surface area contributed by atoms with Crippen LogP contribution in [-0.2, 0) is 6.54 Å². The predicted octanol–water partition coefficient (Wildman–Crippen LogP) is 4.68. The van der Waals surface area contributed by atoms with Gasteiger partial charge < -0.3 is 10.2 Å². The number of benzene rings is 2. The summed E-state index contributed by atoms with van der Waals surface area (Å²) in [6, 6.07) is 12.6. The Morgan fingerprint density at radius 2 is 1.74 bits per heavy atom. The van der Waals surface area contributed by atoms with Crippen LogP contribution in [-0.4, -0.2) is 41.9 Å². The monoisotopic (exact) mass is 422 g/mol. The average Bonchev–Trinajstić information content (AvgIpc) is 3.31. The molecule has 164 valence electrons. The number of rotatable bonds is 6. The molecule has 0 spiro atoms. The number of anilines is 2. The third kappa shape index (κ3) is 5.22. The third-order valence-corrected chi connectivity index (χ3v) is 6.38. The maximum Gasteiger partial charge on any atom is 0.293 e. The van der Waals surface area contributed by atoms with Gasteiger partial charge in [0.25, 0.3) is 11.6 Å². The van der Waals surface area contributed by atoms with E-state index in [4.69, 9.17) is 0 Å². The molecule has 2 aliphatic rings. The van der Waals surface area contributed by atoms with E-state index in [1.165, 1.54) is 24.5 Å². The number of nitro groups is 1. The van der Waals surface area contributed by atoms with Crippen molar-refractivity contribution in [2.45, 2.75) is 39.2 Å². The molecule has 0 atom stereocenters. The molecule has 0 saturated carbocycles. The lowest BCUT2D eigenvalue weighted by molar-refractivity contribution is -0.384. The van der Waals surface area contributed by atoms with Gasteiger partial charge in [-0.2, -0.15) is 0 Å². The number of hydrogen-bond acceptors (Lipinski definition) is 5. The van der Waals surface area contributed by atoms with Crippen LogP contribution in [0.25, 0.3) is 0 Å². The van der Waals surface area contributed by atoms with Crippen LogP contribution in [0, 0.1) is 16.0 Å². The lowest BCUT2D eigenvalue weighted by Gasteiger charge is -2.30. The zero-order valence-corrected chi connectivity index (χ0v) is 18.0. The Labute approximate surface area is 183 Å². The van der Waals surface area contributed by atoms with Crippen LogP contribution in [0.15, 0.2) is 42.5 Å². The SMILES string of the molecule is CC1CCN(Cc2ccc(NC(=O)c3ccc(N4CCCC4)c([N+](=O)[O-])c3)cc2)CC1. The van der Waals surface area contributed by atoms with Crippen molar-refractivity contribution in [3.63, 3.8) is 0 Å². The van der Waals surface area contributed by atoms with Gasteiger partial charge in [0.2, 0.25) is 0 Å². The molecule has 2 saturated heterocycles. The van der Waals surface area contributed by atoms with E-state index in [9.17, 15) is 14.9 Å². The van der Waals surface area contributed by atoms with Crippen LogP contribution in [0.1, 0.15) is 48.5 Å². The summed E-state index contributed by atoms with van der Waals surface area (Å²) >= 11 is 0. The van der Waals surface area contributed by atoms with Crippen LogP contribution in [0.5, 0.6) is 0 Å². The largest absolute Gasteiger partial charge is 0.366 e. The van der Waals surface area contributed by atoms with Gasteiger partial charge in [-0.25, -0.2) is 0 Å². The molecule has 0 aliphatic carbocycles. The smallest absolute Gasteiger partial charge is 0.293 e. The van der Waals surface area contributed by atoms with Gasteiger partial charge in [0.1, 0.15) is 5.69 Å². The summed E-state index contributed by atoms with van der Waals surface area (Å²) in [7, 11) is 0. The number of likely N-dealkylation sites (tertiary alicyclic amines) is 1. The highest BCUT2D eigenvalue weighted by Crippen LogP contribution is 2.32. The summed E-state index contributed by atoms with van der Waals surface area (Å²) in [5.74, 6) is 0.475. The van der Waals surface area contributed by atoms with Crippen LogP contribution in [0.3, 0.4) is 0 Å². The van der Waals surface area contributed by atoms with Crippen molar-refractivity contribution in [2.24, 2.45) is 5.92 Å².